The van der Waals surface area contributed by atoms with E-state index in [-0.39, 0.29) is 23.8 Å². The van der Waals surface area contributed by atoms with Gasteiger partial charge in [-0.05, 0) is 41.8 Å². The SMILES string of the molecule is COc1ccc(C(NC(=O)c2cccc(NC(C)=O)c2)C(C)C)cc1. The lowest BCUT2D eigenvalue weighted by molar-refractivity contribution is -0.114. The summed E-state index contributed by atoms with van der Waals surface area (Å²) in [5.74, 6) is 0.647. The van der Waals surface area contributed by atoms with Crippen molar-refractivity contribution >= 4 is 17.5 Å². The Morgan fingerprint density at radius 2 is 1.72 bits per heavy atom. The molecule has 2 rings (SSSR count). The summed E-state index contributed by atoms with van der Waals surface area (Å²) in [6, 6.07) is 14.5. The van der Waals surface area contributed by atoms with Crippen molar-refractivity contribution in [2.45, 2.75) is 26.8 Å². The third-order valence-electron chi connectivity index (χ3n) is 3.87. The van der Waals surface area contributed by atoms with E-state index in [1.165, 1.54) is 6.92 Å². The Morgan fingerprint density at radius 3 is 2.28 bits per heavy atom. The van der Waals surface area contributed by atoms with Crippen molar-refractivity contribution in [2.24, 2.45) is 5.92 Å². The molecule has 25 heavy (non-hydrogen) atoms. The minimum Gasteiger partial charge on any atom is -0.497 e. The second-order valence-corrected chi connectivity index (χ2v) is 6.23. The molecule has 0 radical (unpaired) electrons. The molecule has 0 aliphatic carbocycles. The standard InChI is InChI=1S/C20H24N2O3/c1-13(2)19(15-8-10-18(25-4)11-9-15)22-20(24)16-6-5-7-17(12-16)21-14(3)23/h5-13,19H,1-4H3,(H,21,23)(H,22,24). The Morgan fingerprint density at radius 1 is 1.04 bits per heavy atom. The van der Waals surface area contributed by atoms with Gasteiger partial charge >= 0.3 is 0 Å². The van der Waals surface area contributed by atoms with Crippen molar-refractivity contribution in [1.82, 2.24) is 5.32 Å². The lowest BCUT2D eigenvalue weighted by Gasteiger charge is -2.23. The van der Waals surface area contributed by atoms with E-state index in [4.69, 9.17) is 4.74 Å². The number of carbonyl (C=O) groups excluding carboxylic acids is 2. The number of benzene rings is 2. The van der Waals surface area contributed by atoms with Crippen LogP contribution < -0.4 is 15.4 Å². The van der Waals surface area contributed by atoms with Gasteiger partial charge in [0.1, 0.15) is 5.75 Å². The summed E-state index contributed by atoms with van der Waals surface area (Å²) in [4.78, 5) is 23.8. The molecule has 0 spiro atoms. The fourth-order valence-corrected chi connectivity index (χ4v) is 2.61. The van der Waals surface area contributed by atoms with Crippen LogP contribution in [0.3, 0.4) is 0 Å². The second-order valence-electron chi connectivity index (χ2n) is 6.23. The van der Waals surface area contributed by atoms with Crippen molar-refractivity contribution in [2.75, 3.05) is 12.4 Å². The molecule has 0 aliphatic rings. The molecule has 132 valence electrons. The molecule has 2 amide bonds. The molecule has 2 N–H and O–H groups in total. The van der Waals surface area contributed by atoms with Crippen molar-refractivity contribution < 1.29 is 14.3 Å². The van der Waals surface area contributed by atoms with Gasteiger partial charge in [-0.25, -0.2) is 0 Å². The van der Waals surface area contributed by atoms with Crippen molar-refractivity contribution in [3.63, 3.8) is 0 Å². The number of amides is 2. The first-order valence-electron chi connectivity index (χ1n) is 8.23. The molecule has 1 unspecified atom stereocenters. The predicted octanol–water partition coefficient (Wildman–Crippen LogP) is 3.78. The minimum atomic E-state index is -0.179. The van der Waals surface area contributed by atoms with Gasteiger partial charge in [0.05, 0.1) is 13.2 Å². The fraction of sp³-hybridized carbons (Fsp3) is 0.300. The highest BCUT2D eigenvalue weighted by Gasteiger charge is 2.19. The number of hydrogen-bond acceptors (Lipinski definition) is 3. The van der Waals surface area contributed by atoms with Gasteiger partial charge in [-0.1, -0.05) is 32.0 Å². The van der Waals surface area contributed by atoms with Crippen LogP contribution in [0.25, 0.3) is 0 Å². The van der Waals surface area contributed by atoms with E-state index in [1.807, 2.05) is 24.3 Å². The van der Waals surface area contributed by atoms with Crippen LogP contribution in [0, 0.1) is 5.92 Å². The van der Waals surface area contributed by atoms with E-state index < -0.39 is 0 Å². The van der Waals surface area contributed by atoms with Crippen LogP contribution in [0.1, 0.15) is 42.7 Å². The van der Waals surface area contributed by atoms with Gasteiger partial charge in [0.25, 0.3) is 5.91 Å². The van der Waals surface area contributed by atoms with Gasteiger partial charge in [-0.2, -0.15) is 0 Å². The first kappa shape index (κ1) is 18.5. The van der Waals surface area contributed by atoms with Crippen LogP contribution in [0.15, 0.2) is 48.5 Å². The quantitative estimate of drug-likeness (QED) is 0.841. The maximum absolute atomic E-state index is 12.6. The van der Waals surface area contributed by atoms with Gasteiger partial charge in [0, 0.05) is 18.2 Å². The summed E-state index contributed by atoms with van der Waals surface area (Å²) in [6.07, 6.45) is 0. The Labute approximate surface area is 148 Å². The Kier molecular flexibility index (Phi) is 6.17. The highest BCUT2D eigenvalue weighted by molar-refractivity contribution is 5.97. The largest absolute Gasteiger partial charge is 0.497 e. The van der Waals surface area contributed by atoms with Crippen LogP contribution in [0.2, 0.25) is 0 Å². The highest BCUT2D eigenvalue weighted by Crippen LogP contribution is 2.24. The van der Waals surface area contributed by atoms with Gasteiger partial charge in [-0.3, -0.25) is 9.59 Å². The Hall–Kier alpha value is -2.82. The van der Waals surface area contributed by atoms with Crippen LogP contribution in [-0.4, -0.2) is 18.9 Å². The minimum absolute atomic E-state index is 0.122. The van der Waals surface area contributed by atoms with Gasteiger partial charge in [0.15, 0.2) is 0 Å². The van der Waals surface area contributed by atoms with E-state index in [0.29, 0.717) is 11.3 Å². The van der Waals surface area contributed by atoms with Crippen molar-refractivity contribution in [3.8, 4) is 5.75 Å². The summed E-state index contributed by atoms with van der Waals surface area (Å²) >= 11 is 0. The van der Waals surface area contributed by atoms with Crippen LogP contribution >= 0.6 is 0 Å². The van der Waals surface area contributed by atoms with E-state index in [1.54, 1.807) is 31.4 Å². The van der Waals surface area contributed by atoms with Gasteiger partial charge < -0.3 is 15.4 Å². The molecule has 2 aromatic rings. The molecule has 0 bridgehead atoms. The molecule has 0 aliphatic heterocycles. The van der Waals surface area contributed by atoms with Gasteiger partial charge in [0.2, 0.25) is 5.91 Å². The van der Waals surface area contributed by atoms with Crippen molar-refractivity contribution in [1.29, 1.82) is 0 Å². The Bertz CT molecular complexity index is 739. The lowest BCUT2D eigenvalue weighted by atomic mass is 9.95. The summed E-state index contributed by atoms with van der Waals surface area (Å²) in [6.45, 7) is 5.55. The smallest absolute Gasteiger partial charge is 0.251 e. The molecule has 0 saturated carbocycles. The average molecular weight is 340 g/mol. The first-order chi connectivity index (χ1) is 11.9. The third kappa shape index (κ3) is 5.08. The monoisotopic (exact) mass is 340 g/mol. The number of methoxy groups -OCH3 is 1. The summed E-state index contributed by atoms with van der Waals surface area (Å²) in [5.41, 5.74) is 2.12. The molecular formula is C20H24N2O3. The first-order valence-corrected chi connectivity index (χ1v) is 8.23. The van der Waals surface area contributed by atoms with E-state index in [2.05, 4.69) is 24.5 Å². The number of ether oxygens (including phenoxy) is 1. The van der Waals surface area contributed by atoms with Gasteiger partial charge in [-0.15, -0.1) is 0 Å². The zero-order chi connectivity index (χ0) is 18.4. The zero-order valence-corrected chi connectivity index (χ0v) is 15.0. The summed E-state index contributed by atoms with van der Waals surface area (Å²) in [7, 11) is 1.62. The van der Waals surface area contributed by atoms with Crippen LogP contribution in [-0.2, 0) is 4.79 Å². The molecule has 5 heteroatoms. The molecule has 2 aromatic carbocycles. The predicted molar refractivity (Wildman–Crippen MR) is 98.8 cm³/mol. The summed E-state index contributed by atoms with van der Waals surface area (Å²) in [5, 5.41) is 5.76. The zero-order valence-electron chi connectivity index (χ0n) is 15.0. The maximum atomic E-state index is 12.6. The number of hydrogen-bond donors (Lipinski definition) is 2. The normalized spacial score (nSPS) is 11.7. The van der Waals surface area contributed by atoms with Crippen LogP contribution in [0.5, 0.6) is 5.75 Å². The molecule has 0 aromatic heterocycles. The lowest BCUT2D eigenvalue weighted by Crippen LogP contribution is -2.31. The van der Waals surface area contributed by atoms with E-state index >= 15 is 0 Å². The number of rotatable bonds is 6. The van der Waals surface area contributed by atoms with E-state index in [9.17, 15) is 9.59 Å². The third-order valence-corrected chi connectivity index (χ3v) is 3.87. The Balaban J connectivity index is 2.18. The highest BCUT2D eigenvalue weighted by atomic mass is 16.5. The second kappa shape index (κ2) is 8.33. The molecular weight excluding hydrogens is 316 g/mol. The molecule has 5 nitrogen and oxygen atoms in total. The number of nitrogens with one attached hydrogen (secondary N) is 2. The fourth-order valence-electron chi connectivity index (χ4n) is 2.61. The van der Waals surface area contributed by atoms with E-state index in [0.717, 1.165) is 11.3 Å². The molecule has 0 heterocycles. The molecule has 0 fully saturated rings. The number of carbonyl (C=O) groups is 2. The van der Waals surface area contributed by atoms with Crippen LogP contribution in [0.4, 0.5) is 5.69 Å². The molecule has 1 atom stereocenters. The number of anilines is 1. The molecule has 0 saturated heterocycles. The topological polar surface area (TPSA) is 67.4 Å². The summed E-state index contributed by atoms with van der Waals surface area (Å²) < 4.78 is 5.18. The maximum Gasteiger partial charge on any atom is 0.251 e. The average Bonchev–Trinajstić information content (AvgIpc) is 2.59. The van der Waals surface area contributed by atoms with Crippen molar-refractivity contribution in [3.05, 3.63) is 59.7 Å².